The van der Waals surface area contributed by atoms with E-state index in [1.165, 1.54) is 32.4 Å². The number of rotatable bonds is 6. The minimum absolute atomic E-state index is 0.441. The summed E-state index contributed by atoms with van der Waals surface area (Å²) in [5.74, 6) is -0.999. The predicted octanol–water partition coefficient (Wildman–Crippen LogP) is 1.70. The van der Waals surface area contributed by atoms with Gasteiger partial charge < -0.3 is 9.47 Å². The Morgan fingerprint density at radius 3 is 2.29 bits per heavy atom. The van der Waals surface area contributed by atoms with Crippen LogP contribution in [-0.2, 0) is 25.6 Å². The van der Waals surface area contributed by atoms with Crippen molar-refractivity contribution in [2.24, 2.45) is 0 Å². The summed E-state index contributed by atoms with van der Waals surface area (Å²) in [6.45, 7) is 0.473. The molecule has 0 saturated carbocycles. The smallest absolute Gasteiger partial charge is 0.330 e. The Balaban J connectivity index is 2.34. The first-order chi connectivity index (χ1) is 11.6. The van der Waals surface area contributed by atoms with E-state index >= 15 is 0 Å². The second-order valence-corrected chi connectivity index (χ2v) is 4.72. The Labute approximate surface area is 139 Å². The molecule has 0 spiro atoms. The van der Waals surface area contributed by atoms with Gasteiger partial charge in [0.15, 0.2) is 0 Å². The molecule has 0 atom stereocenters. The molecule has 0 N–H and O–H groups in total. The van der Waals surface area contributed by atoms with E-state index in [0.717, 1.165) is 5.56 Å². The molecule has 1 aromatic carbocycles. The van der Waals surface area contributed by atoms with Crippen LogP contribution in [0.5, 0.6) is 0 Å². The summed E-state index contributed by atoms with van der Waals surface area (Å²) in [5.41, 5.74) is 2.04. The van der Waals surface area contributed by atoms with Gasteiger partial charge in [0, 0.05) is 12.2 Å². The quantitative estimate of drug-likeness (QED) is 0.593. The topological polar surface area (TPSA) is 83.3 Å². The Morgan fingerprint density at radius 2 is 1.67 bits per heavy atom. The van der Waals surface area contributed by atoms with Crippen LogP contribution in [0.15, 0.2) is 42.5 Å². The highest BCUT2D eigenvalue weighted by molar-refractivity contribution is 5.89. The number of benzene rings is 1. The normalized spacial score (nSPS) is 11.1. The first-order valence-electron chi connectivity index (χ1n) is 7.13. The highest BCUT2D eigenvalue weighted by Crippen LogP contribution is 2.13. The van der Waals surface area contributed by atoms with Gasteiger partial charge in [-0.05, 0) is 17.7 Å². The fourth-order valence-electron chi connectivity index (χ4n) is 1.93. The summed E-state index contributed by atoms with van der Waals surface area (Å²) in [5, 5.41) is 8.12. The number of esters is 2. The zero-order chi connectivity index (χ0) is 17.4. The zero-order valence-electron chi connectivity index (χ0n) is 13.4. The fraction of sp³-hybridized carbons (Fsp3) is 0.176. The van der Waals surface area contributed by atoms with Crippen molar-refractivity contribution in [1.29, 1.82) is 0 Å². The van der Waals surface area contributed by atoms with Crippen LogP contribution in [0.3, 0.4) is 0 Å². The van der Waals surface area contributed by atoms with Gasteiger partial charge in [-0.2, -0.15) is 0 Å². The van der Waals surface area contributed by atoms with E-state index in [4.69, 9.17) is 0 Å². The van der Waals surface area contributed by atoms with E-state index in [9.17, 15) is 9.59 Å². The number of hydrogen-bond donors (Lipinski definition) is 0. The average Bonchev–Trinajstić information content (AvgIpc) is 2.99. The molecule has 0 aliphatic carbocycles. The maximum atomic E-state index is 11.3. The van der Waals surface area contributed by atoms with Crippen LogP contribution in [0.25, 0.3) is 12.2 Å². The van der Waals surface area contributed by atoms with E-state index in [1.807, 2.05) is 30.3 Å². The first-order valence-corrected chi connectivity index (χ1v) is 7.13. The summed E-state index contributed by atoms with van der Waals surface area (Å²) in [6.07, 6.45) is 5.55. The van der Waals surface area contributed by atoms with Crippen LogP contribution in [0.2, 0.25) is 0 Å². The Kier molecular flexibility index (Phi) is 6.01. The van der Waals surface area contributed by atoms with E-state index in [-0.39, 0.29) is 0 Å². The third kappa shape index (κ3) is 4.64. The highest BCUT2D eigenvalue weighted by atomic mass is 16.5. The highest BCUT2D eigenvalue weighted by Gasteiger charge is 2.10. The molecular weight excluding hydrogens is 310 g/mol. The van der Waals surface area contributed by atoms with Gasteiger partial charge in [-0.3, -0.25) is 0 Å². The Bertz CT molecular complexity index is 763. The lowest BCUT2D eigenvalue weighted by molar-refractivity contribution is -0.135. The average molecular weight is 327 g/mol. The van der Waals surface area contributed by atoms with E-state index in [1.54, 1.807) is 10.8 Å². The lowest BCUT2D eigenvalue weighted by Gasteiger charge is -2.04. The van der Waals surface area contributed by atoms with Crippen molar-refractivity contribution in [3.05, 3.63) is 59.4 Å². The molecular formula is C17H17N3O4. The molecule has 0 unspecified atom stereocenters. The van der Waals surface area contributed by atoms with Crippen molar-refractivity contribution in [2.75, 3.05) is 14.2 Å². The van der Waals surface area contributed by atoms with Gasteiger partial charge in [0.25, 0.3) is 0 Å². The van der Waals surface area contributed by atoms with Gasteiger partial charge in [0.1, 0.15) is 5.69 Å². The summed E-state index contributed by atoms with van der Waals surface area (Å²) < 4.78 is 10.8. The third-order valence-electron chi connectivity index (χ3n) is 3.13. The van der Waals surface area contributed by atoms with Gasteiger partial charge in [0.2, 0.25) is 0 Å². The van der Waals surface area contributed by atoms with Crippen molar-refractivity contribution in [2.45, 2.75) is 6.54 Å². The molecule has 124 valence electrons. The Morgan fingerprint density at radius 1 is 1.04 bits per heavy atom. The number of nitrogens with zero attached hydrogens (tertiary/aromatic N) is 3. The molecule has 0 bridgehead atoms. The largest absolute Gasteiger partial charge is 0.466 e. The molecule has 2 aromatic rings. The molecule has 7 heteroatoms. The Hall–Kier alpha value is -3.22. The predicted molar refractivity (Wildman–Crippen MR) is 87.7 cm³/mol. The lowest BCUT2D eigenvalue weighted by Crippen LogP contribution is -2.05. The summed E-state index contributed by atoms with van der Waals surface area (Å²) in [7, 11) is 2.58. The van der Waals surface area contributed by atoms with Gasteiger partial charge in [0.05, 0.1) is 26.5 Å². The number of aromatic nitrogens is 3. The molecule has 0 aliphatic heterocycles. The van der Waals surface area contributed by atoms with Crippen molar-refractivity contribution < 1.29 is 19.1 Å². The number of carbonyl (C=O) groups is 2. The summed E-state index contributed by atoms with van der Waals surface area (Å²) in [4.78, 5) is 22.6. The zero-order valence-corrected chi connectivity index (χ0v) is 13.4. The van der Waals surface area contributed by atoms with E-state index in [2.05, 4.69) is 19.8 Å². The molecule has 2 rings (SSSR count). The minimum Gasteiger partial charge on any atom is -0.466 e. The summed E-state index contributed by atoms with van der Waals surface area (Å²) >= 11 is 0. The monoisotopic (exact) mass is 327 g/mol. The second kappa shape index (κ2) is 8.42. The molecule has 1 heterocycles. The molecule has 0 saturated heterocycles. The SMILES string of the molecule is COC(=O)/C=C/c1nnn(Cc2ccccc2)c1/C=C/C(=O)OC. The van der Waals surface area contributed by atoms with Crippen molar-refractivity contribution >= 4 is 24.1 Å². The van der Waals surface area contributed by atoms with Crippen LogP contribution in [0.1, 0.15) is 17.0 Å². The van der Waals surface area contributed by atoms with Crippen LogP contribution < -0.4 is 0 Å². The summed E-state index contributed by atoms with van der Waals surface area (Å²) in [6, 6.07) is 9.69. The van der Waals surface area contributed by atoms with Crippen molar-refractivity contribution in [3.8, 4) is 0 Å². The van der Waals surface area contributed by atoms with Crippen molar-refractivity contribution in [3.63, 3.8) is 0 Å². The molecule has 0 radical (unpaired) electrons. The molecule has 0 aliphatic rings. The molecule has 0 fully saturated rings. The van der Waals surface area contributed by atoms with E-state index in [0.29, 0.717) is 17.9 Å². The lowest BCUT2D eigenvalue weighted by atomic mass is 10.2. The van der Waals surface area contributed by atoms with Crippen LogP contribution in [-0.4, -0.2) is 41.2 Å². The van der Waals surface area contributed by atoms with Crippen LogP contribution in [0.4, 0.5) is 0 Å². The number of hydrogen-bond acceptors (Lipinski definition) is 6. The molecule has 1 aromatic heterocycles. The third-order valence-corrected chi connectivity index (χ3v) is 3.13. The number of carbonyl (C=O) groups excluding carboxylic acids is 2. The van der Waals surface area contributed by atoms with Gasteiger partial charge in [-0.1, -0.05) is 35.5 Å². The van der Waals surface area contributed by atoms with Crippen LogP contribution in [0, 0.1) is 0 Å². The number of methoxy groups -OCH3 is 2. The second-order valence-electron chi connectivity index (χ2n) is 4.72. The van der Waals surface area contributed by atoms with E-state index < -0.39 is 11.9 Å². The first kappa shape index (κ1) is 17.1. The number of ether oxygens (including phenoxy) is 2. The van der Waals surface area contributed by atoms with Crippen molar-refractivity contribution in [1.82, 2.24) is 15.0 Å². The molecule has 0 amide bonds. The maximum Gasteiger partial charge on any atom is 0.330 e. The molecule has 7 nitrogen and oxygen atoms in total. The maximum absolute atomic E-state index is 11.3. The standard InChI is InChI=1S/C17H17N3O4/c1-23-16(21)10-8-14-15(9-11-17(22)24-2)20(19-18-14)12-13-6-4-3-5-7-13/h3-11H,12H2,1-2H3/b10-8+,11-9+. The molecule has 24 heavy (non-hydrogen) atoms. The minimum atomic E-state index is -0.504. The van der Waals surface area contributed by atoms with Gasteiger partial charge in [-0.15, -0.1) is 5.10 Å². The van der Waals surface area contributed by atoms with Crippen LogP contribution >= 0.6 is 0 Å². The van der Waals surface area contributed by atoms with Gasteiger partial charge in [-0.25, -0.2) is 14.3 Å². The fourth-order valence-corrected chi connectivity index (χ4v) is 1.93. The van der Waals surface area contributed by atoms with Gasteiger partial charge >= 0.3 is 11.9 Å².